The Hall–Kier alpha value is -2.15. The molecule has 5 nitrogen and oxygen atoms in total. The Kier molecular flexibility index (Phi) is 5.87. The van der Waals surface area contributed by atoms with E-state index in [4.69, 9.17) is 16.3 Å². The van der Waals surface area contributed by atoms with Crippen molar-refractivity contribution in [3.8, 4) is 10.9 Å². The van der Waals surface area contributed by atoms with E-state index in [0.717, 1.165) is 41.8 Å². The van der Waals surface area contributed by atoms with E-state index in [2.05, 4.69) is 27.3 Å². The fraction of sp³-hybridized carbons (Fsp3) is 0.417. The predicted molar refractivity (Wildman–Crippen MR) is 125 cm³/mol. The number of ether oxygens (including phenoxy) is 1. The Morgan fingerprint density at radius 1 is 1.19 bits per heavy atom. The maximum Gasteiger partial charge on any atom is 0.279 e. The summed E-state index contributed by atoms with van der Waals surface area (Å²) >= 11 is 7.71. The van der Waals surface area contributed by atoms with E-state index in [-0.39, 0.29) is 5.91 Å². The first-order valence-electron chi connectivity index (χ1n) is 10.9. The van der Waals surface area contributed by atoms with Crippen molar-refractivity contribution in [3.63, 3.8) is 0 Å². The lowest BCUT2D eigenvalue weighted by Crippen LogP contribution is -2.50. The minimum Gasteiger partial charge on any atom is -0.431 e. The number of thiazole rings is 1. The first-order valence-corrected chi connectivity index (χ1v) is 12.1. The summed E-state index contributed by atoms with van der Waals surface area (Å²) in [4.78, 5) is 18.6. The molecular formula is C24H26ClN3O2S. The number of halogens is 1. The van der Waals surface area contributed by atoms with Crippen molar-refractivity contribution in [3.05, 3.63) is 53.1 Å². The van der Waals surface area contributed by atoms with Gasteiger partial charge in [0.05, 0.1) is 15.2 Å². The minimum absolute atomic E-state index is 0.0918. The zero-order chi connectivity index (χ0) is 21.4. The Labute approximate surface area is 191 Å². The zero-order valence-corrected chi connectivity index (χ0v) is 19.1. The van der Waals surface area contributed by atoms with Gasteiger partial charge in [0, 0.05) is 31.6 Å². The van der Waals surface area contributed by atoms with Crippen LogP contribution in [0.15, 0.2) is 42.5 Å². The van der Waals surface area contributed by atoms with Gasteiger partial charge in [0.2, 0.25) is 5.91 Å². The second-order valence-corrected chi connectivity index (χ2v) is 9.92. The number of piperidine rings is 1. The summed E-state index contributed by atoms with van der Waals surface area (Å²) < 4.78 is 6.91. The summed E-state index contributed by atoms with van der Waals surface area (Å²) in [6.45, 7) is 2.69. The average molecular weight is 456 g/mol. The molecule has 1 unspecified atom stereocenters. The van der Waals surface area contributed by atoms with Crippen LogP contribution in [-0.4, -0.2) is 40.5 Å². The summed E-state index contributed by atoms with van der Waals surface area (Å²) in [6, 6.07) is 15.6. The zero-order valence-electron chi connectivity index (χ0n) is 17.5. The number of rotatable bonds is 6. The van der Waals surface area contributed by atoms with Gasteiger partial charge in [-0.3, -0.25) is 9.69 Å². The van der Waals surface area contributed by atoms with Crippen LogP contribution in [-0.2, 0) is 11.2 Å². The van der Waals surface area contributed by atoms with Crippen molar-refractivity contribution in [2.24, 2.45) is 0 Å². The molecule has 0 radical (unpaired) electrons. The highest BCUT2D eigenvalue weighted by Crippen LogP contribution is 2.37. The van der Waals surface area contributed by atoms with Crippen molar-refractivity contribution in [2.45, 2.75) is 57.2 Å². The minimum atomic E-state index is 0.0918. The monoisotopic (exact) mass is 455 g/mol. The van der Waals surface area contributed by atoms with Gasteiger partial charge in [-0.2, -0.15) is 0 Å². The molecule has 0 saturated carbocycles. The molecule has 1 aromatic heterocycles. The molecule has 3 aromatic rings. The maximum absolute atomic E-state index is 11.4. The van der Waals surface area contributed by atoms with E-state index >= 15 is 0 Å². The SMILES string of the molecule is CC(=O)NC1C[C@H]2CC[C@@H](C1)N2CCc1ccc(Oc2nc3cccc(Cl)c3s2)cc1. The van der Waals surface area contributed by atoms with Crippen molar-refractivity contribution in [1.82, 2.24) is 15.2 Å². The number of hydrogen-bond acceptors (Lipinski definition) is 5. The molecule has 2 fully saturated rings. The second kappa shape index (κ2) is 8.77. The van der Waals surface area contributed by atoms with E-state index in [9.17, 15) is 4.79 Å². The van der Waals surface area contributed by atoms with Gasteiger partial charge < -0.3 is 10.1 Å². The molecule has 7 heteroatoms. The maximum atomic E-state index is 11.4. The van der Waals surface area contributed by atoms with Crippen molar-refractivity contribution in [1.29, 1.82) is 0 Å². The molecule has 1 amide bonds. The third-order valence-electron chi connectivity index (χ3n) is 6.43. The van der Waals surface area contributed by atoms with Crippen LogP contribution in [0.4, 0.5) is 0 Å². The molecule has 162 valence electrons. The van der Waals surface area contributed by atoms with Crippen LogP contribution in [0.25, 0.3) is 10.2 Å². The summed E-state index contributed by atoms with van der Waals surface area (Å²) in [5.74, 6) is 0.879. The van der Waals surface area contributed by atoms with Crippen LogP contribution < -0.4 is 10.1 Å². The highest BCUT2D eigenvalue weighted by Gasteiger charge is 2.40. The second-order valence-electron chi connectivity index (χ2n) is 8.56. The Morgan fingerprint density at radius 2 is 1.94 bits per heavy atom. The summed E-state index contributed by atoms with van der Waals surface area (Å²) in [7, 11) is 0. The highest BCUT2D eigenvalue weighted by molar-refractivity contribution is 7.20. The largest absolute Gasteiger partial charge is 0.431 e. The third-order valence-corrected chi connectivity index (χ3v) is 7.84. The van der Waals surface area contributed by atoms with Crippen LogP contribution in [0.3, 0.4) is 0 Å². The van der Waals surface area contributed by atoms with Crippen LogP contribution in [0.2, 0.25) is 5.02 Å². The number of benzene rings is 2. The van der Waals surface area contributed by atoms with Gasteiger partial charge in [0.15, 0.2) is 0 Å². The molecule has 2 aromatic carbocycles. The molecule has 2 saturated heterocycles. The molecule has 0 spiro atoms. The quantitative estimate of drug-likeness (QED) is 0.539. The number of amides is 1. The van der Waals surface area contributed by atoms with Gasteiger partial charge in [-0.15, -0.1) is 0 Å². The number of nitrogens with one attached hydrogen (secondary N) is 1. The molecule has 31 heavy (non-hydrogen) atoms. The van der Waals surface area contributed by atoms with Crippen LogP contribution in [0, 0.1) is 0 Å². The number of fused-ring (bicyclic) bond motifs is 3. The van der Waals surface area contributed by atoms with Gasteiger partial charge in [-0.05, 0) is 61.9 Å². The number of hydrogen-bond donors (Lipinski definition) is 1. The van der Waals surface area contributed by atoms with Gasteiger partial charge >= 0.3 is 0 Å². The fourth-order valence-corrected chi connectivity index (χ4v) is 6.19. The van der Waals surface area contributed by atoms with E-state index in [0.29, 0.717) is 28.3 Å². The molecule has 2 aliphatic rings. The Morgan fingerprint density at radius 3 is 2.61 bits per heavy atom. The standard InChI is InChI=1S/C24H26ClN3O2S/c1-15(29)26-17-13-18-7-8-19(14-17)28(18)12-11-16-5-9-20(10-6-16)30-24-27-22-4-2-3-21(25)23(22)31-24/h2-6,9-10,17-19H,7-8,11-14H2,1H3,(H,26,29)/t17?,18-,19+. The highest BCUT2D eigenvalue weighted by atomic mass is 35.5. The van der Waals surface area contributed by atoms with Gasteiger partial charge in [-0.25, -0.2) is 4.98 Å². The molecule has 2 aliphatic heterocycles. The molecule has 1 N–H and O–H groups in total. The number of carbonyl (C=O) groups is 1. The Bertz CT molecular complexity index is 1070. The van der Waals surface area contributed by atoms with E-state index < -0.39 is 0 Å². The van der Waals surface area contributed by atoms with Crippen molar-refractivity contribution >= 4 is 39.1 Å². The lowest BCUT2D eigenvalue weighted by molar-refractivity contribution is -0.120. The molecule has 5 rings (SSSR count). The van der Waals surface area contributed by atoms with Crippen LogP contribution in [0.1, 0.15) is 38.2 Å². The van der Waals surface area contributed by atoms with E-state index in [1.54, 1.807) is 6.92 Å². The van der Waals surface area contributed by atoms with Gasteiger partial charge in [-0.1, -0.05) is 41.1 Å². The third kappa shape index (κ3) is 4.56. The molecule has 0 aliphatic carbocycles. The van der Waals surface area contributed by atoms with Crippen molar-refractivity contribution < 1.29 is 9.53 Å². The number of aromatic nitrogens is 1. The smallest absolute Gasteiger partial charge is 0.279 e. The molecule has 3 atom stereocenters. The average Bonchev–Trinajstić information content (AvgIpc) is 3.25. The summed E-state index contributed by atoms with van der Waals surface area (Å²) in [5.41, 5.74) is 2.17. The first kappa shape index (κ1) is 20.7. The first-order chi connectivity index (χ1) is 15.0. The fourth-order valence-electron chi connectivity index (χ4n) is 5.07. The molecular weight excluding hydrogens is 430 g/mol. The topological polar surface area (TPSA) is 54.5 Å². The molecule has 2 bridgehead atoms. The normalized spacial score (nSPS) is 23.2. The van der Waals surface area contributed by atoms with Crippen LogP contribution >= 0.6 is 22.9 Å². The summed E-state index contributed by atoms with van der Waals surface area (Å²) in [5, 5.41) is 4.43. The lowest BCUT2D eigenvalue weighted by Gasteiger charge is -2.39. The number of carbonyl (C=O) groups excluding carboxylic acids is 1. The Balaban J connectivity index is 1.17. The number of nitrogens with zero attached hydrogens (tertiary/aromatic N) is 2. The predicted octanol–water partition coefficient (Wildman–Crippen LogP) is 5.42. The van der Waals surface area contributed by atoms with Gasteiger partial charge in [0.1, 0.15) is 5.75 Å². The van der Waals surface area contributed by atoms with E-state index in [1.165, 1.54) is 29.7 Å². The molecule has 3 heterocycles. The lowest BCUT2D eigenvalue weighted by atomic mass is 9.96. The van der Waals surface area contributed by atoms with Gasteiger partial charge in [0.25, 0.3) is 5.19 Å². The summed E-state index contributed by atoms with van der Waals surface area (Å²) in [6.07, 6.45) is 5.68. The van der Waals surface area contributed by atoms with E-state index in [1.807, 2.05) is 30.3 Å². The van der Waals surface area contributed by atoms with Crippen molar-refractivity contribution in [2.75, 3.05) is 6.54 Å². The van der Waals surface area contributed by atoms with Crippen LogP contribution in [0.5, 0.6) is 10.9 Å².